The Morgan fingerprint density at radius 2 is 2.21 bits per heavy atom. The third-order valence-corrected chi connectivity index (χ3v) is 6.42. The van der Waals surface area contributed by atoms with E-state index in [0.717, 1.165) is 32.0 Å². The van der Waals surface area contributed by atoms with E-state index in [9.17, 15) is 0 Å². The molecule has 2 heterocycles. The fraction of sp³-hybridized carbons (Fsp3) is 1.00. The molecule has 2 atom stereocenters. The lowest BCUT2D eigenvalue weighted by Crippen LogP contribution is -2.66. The summed E-state index contributed by atoms with van der Waals surface area (Å²) in [5.74, 6) is 2.43. The van der Waals surface area contributed by atoms with Gasteiger partial charge in [0.2, 0.25) is 0 Å². The molecule has 3 nitrogen and oxygen atoms in total. The van der Waals surface area contributed by atoms with Crippen LogP contribution in [0, 0.1) is 5.41 Å². The number of rotatable bonds is 5. The molecular weight excluding hydrogens is 256 g/mol. The third kappa shape index (κ3) is 2.97. The van der Waals surface area contributed by atoms with Gasteiger partial charge in [-0.3, -0.25) is 4.90 Å². The zero-order chi connectivity index (χ0) is 13.9. The molecule has 2 fully saturated rings. The Morgan fingerprint density at radius 3 is 2.74 bits per heavy atom. The molecule has 2 N–H and O–H groups in total. The summed E-state index contributed by atoms with van der Waals surface area (Å²) in [5.41, 5.74) is 6.70. The highest BCUT2D eigenvalue weighted by molar-refractivity contribution is 7.99. The summed E-state index contributed by atoms with van der Waals surface area (Å²) >= 11 is 2.07. The van der Waals surface area contributed by atoms with E-state index in [1.54, 1.807) is 0 Å². The van der Waals surface area contributed by atoms with Crippen LogP contribution in [0.2, 0.25) is 0 Å². The van der Waals surface area contributed by atoms with Crippen LogP contribution in [0.3, 0.4) is 0 Å². The summed E-state index contributed by atoms with van der Waals surface area (Å²) in [4.78, 5) is 2.62. The predicted octanol–water partition coefficient (Wildman–Crippen LogP) is 2.35. The largest absolute Gasteiger partial charge is 0.377 e. The highest BCUT2D eigenvalue weighted by Gasteiger charge is 2.49. The van der Waals surface area contributed by atoms with Crippen molar-refractivity contribution in [3.63, 3.8) is 0 Å². The van der Waals surface area contributed by atoms with Crippen molar-refractivity contribution in [1.82, 2.24) is 4.90 Å². The van der Waals surface area contributed by atoms with Crippen molar-refractivity contribution < 1.29 is 4.74 Å². The van der Waals surface area contributed by atoms with E-state index in [1.165, 1.54) is 25.0 Å². The Bertz CT molecular complexity index is 292. The molecule has 4 heteroatoms. The van der Waals surface area contributed by atoms with Gasteiger partial charge in [0.1, 0.15) is 0 Å². The second-order valence-corrected chi connectivity index (χ2v) is 7.70. The molecule has 0 aromatic rings. The zero-order valence-corrected chi connectivity index (χ0v) is 13.6. The van der Waals surface area contributed by atoms with E-state index in [2.05, 4.69) is 37.4 Å². The molecule has 2 saturated heterocycles. The summed E-state index contributed by atoms with van der Waals surface area (Å²) in [6, 6.07) is 0. The molecule has 112 valence electrons. The smallest absolute Gasteiger partial charge is 0.0703 e. The number of ether oxygens (including phenoxy) is 1. The zero-order valence-electron chi connectivity index (χ0n) is 12.8. The highest BCUT2D eigenvalue weighted by Crippen LogP contribution is 2.45. The molecule has 0 amide bonds. The van der Waals surface area contributed by atoms with Gasteiger partial charge in [-0.25, -0.2) is 0 Å². The first-order valence-electron chi connectivity index (χ1n) is 7.70. The van der Waals surface area contributed by atoms with Gasteiger partial charge in [-0.05, 0) is 37.0 Å². The normalized spacial score (nSPS) is 34.9. The molecule has 0 aromatic heterocycles. The van der Waals surface area contributed by atoms with Gasteiger partial charge in [0.15, 0.2) is 0 Å². The number of hydrogen-bond donors (Lipinski definition) is 1. The van der Waals surface area contributed by atoms with Crippen LogP contribution >= 0.6 is 11.8 Å². The molecule has 0 aliphatic carbocycles. The number of nitrogens with two attached hydrogens (primary N) is 1. The summed E-state index contributed by atoms with van der Waals surface area (Å²) in [5, 5.41) is 0. The average molecular weight is 286 g/mol. The summed E-state index contributed by atoms with van der Waals surface area (Å²) in [6.07, 6.45) is 4.11. The molecule has 2 unspecified atom stereocenters. The lowest BCUT2D eigenvalue weighted by molar-refractivity contribution is -0.0277. The Morgan fingerprint density at radius 1 is 1.42 bits per heavy atom. The fourth-order valence-corrected chi connectivity index (χ4v) is 5.45. The van der Waals surface area contributed by atoms with Crippen LogP contribution < -0.4 is 5.73 Å². The maximum atomic E-state index is 6.27. The van der Waals surface area contributed by atoms with Crippen LogP contribution in [0.25, 0.3) is 0 Å². The summed E-state index contributed by atoms with van der Waals surface area (Å²) < 4.78 is 5.84. The van der Waals surface area contributed by atoms with Crippen molar-refractivity contribution in [3.05, 3.63) is 0 Å². The van der Waals surface area contributed by atoms with Gasteiger partial charge in [0.05, 0.1) is 6.10 Å². The predicted molar refractivity (Wildman–Crippen MR) is 83.7 cm³/mol. The lowest BCUT2D eigenvalue weighted by Gasteiger charge is -2.56. The van der Waals surface area contributed by atoms with Gasteiger partial charge in [-0.1, -0.05) is 20.8 Å². The number of likely N-dealkylation sites (N-methyl/N-ethyl adjacent to an activating group) is 1. The Labute approximate surface area is 122 Å². The molecule has 0 aromatic carbocycles. The Kier molecular flexibility index (Phi) is 5.21. The molecule has 2 aliphatic heterocycles. The minimum Gasteiger partial charge on any atom is -0.377 e. The Balaban J connectivity index is 2.15. The van der Waals surface area contributed by atoms with E-state index in [4.69, 9.17) is 10.5 Å². The molecule has 0 bridgehead atoms. The lowest BCUT2D eigenvalue weighted by atomic mass is 9.69. The van der Waals surface area contributed by atoms with Gasteiger partial charge in [-0.15, -0.1) is 0 Å². The second kappa shape index (κ2) is 6.33. The maximum absolute atomic E-state index is 6.27. The molecular formula is C15H30N2OS. The average Bonchev–Trinajstić information content (AvgIpc) is 2.89. The standard InChI is InChI=1S/C15H30N2OS/c1-4-17(10-13-6-5-8-18-13)15(11-16)12-19-9-7-14(15,2)3/h13H,4-12,16H2,1-3H3. The molecule has 0 radical (unpaired) electrons. The van der Waals surface area contributed by atoms with Gasteiger partial charge >= 0.3 is 0 Å². The van der Waals surface area contributed by atoms with Gasteiger partial charge in [-0.2, -0.15) is 11.8 Å². The second-order valence-electron chi connectivity index (χ2n) is 6.60. The SMILES string of the molecule is CCN(CC1CCCO1)C1(CN)CSCCC1(C)C. The van der Waals surface area contributed by atoms with Crippen molar-refractivity contribution >= 4 is 11.8 Å². The molecule has 2 rings (SSSR count). The molecule has 0 spiro atoms. The van der Waals surface area contributed by atoms with E-state index < -0.39 is 0 Å². The molecule has 0 saturated carbocycles. The van der Waals surface area contributed by atoms with Crippen molar-refractivity contribution in [2.45, 2.75) is 51.7 Å². The fourth-order valence-electron chi connectivity index (χ4n) is 3.62. The van der Waals surface area contributed by atoms with Crippen molar-refractivity contribution in [2.24, 2.45) is 11.1 Å². The Hall–Kier alpha value is 0.230. The van der Waals surface area contributed by atoms with Crippen molar-refractivity contribution in [3.8, 4) is 0 Å². The monoisotopic (exact) mass is 286 g/mol. The first kappa shape index (κ1) is 15.6. The van der Waals surface area contributed by atoms with Gasteiger partial charge in [0.25, 0.3) is 0 Å². The summed E-state index contributed by atoms with van der Waals surface area (Å²) in [6.45, 7) is 10.9. The number of thioether (sulfide) groups is 1. The minimum absolute atomic E-state index is 0.136. The maximum Gasteiger partial charge on any atom is 0.0703 e. The quantitative estimate of drug-likeness (QED) is 0.842. The van der Waals surface area contributed by atoms with Crippen LogP contribution in [0.15, 0.2) is 0 Å². The van der Waals surface area contributed by atoms with Crippen LogP contribution in [-0.2, 0) is 4.74 Å². The highest BCUT2D eigenvalue weighted by atomic mass is 32.2. The van der Waals surface area contributed by atoms with Gasteiger partial charge < -0.3 is 10.5 Å². The van der Waals surface area contributed by atoms with Crippen LogP contribution in [0.1, 0.15) is 40.0 Å². The van der Waals surface area contributed by atoms with E-state index in [-0.39, 0.29) is 5.54 Å². The topological polar surface area (TPSA) is 38.5 Å². The van der Waals surface area contributed by atoms with Crippen LogP contribution in [0.4, 0.5) is 0 Å². The first-order chi connectivity index (χ1) is 9.05. The van der Waals surface area contributed by atoms with Crippen LogP contribution in [-0.4, -0.2) is 54.3 Å². The third-order valence-electron chi connectivity index (χ3n) is 5.24. The van der Waals surface area contributed by atoms with Crippen LogP contribution in [0.5, 0.6) is 0 Å². The van der Waals surface area contributed by atoms with E-state index in [1.807, 2.05) is 0 Å². The van der Waals surface area contributed by atoms with Crippen molar-refractivity contribution in [1.29, 1.82) is 0 Å². The molecule has 19 heavy (non-hydrogen) atoms. The number of nitrogens with zero attached hydrogens (tertiary/aromatic N) is 1. The summed E-state index contributed by atoms with van der Waals surface area (Å²) in [7, 11) is 0. The number of hydrogen-bond acceptors (Lipinski definition) is 4. The minimum atomic E-state index is 0.136. The first-order valence-corrected chi connectivity index (χ1v) is 8.86. The van der Waals surface area contributed by atoms with Crippen molar-refractivity contribution in [2.75, 3.05) is 37.7 Å². The van der Waals surface area contributed by atoms with E-state index >= 15 is 0 Å². The van der Waals surface area contributed by atoms with Gasteiger partial charge in [0, 0.05) is 31.0 Å². The van der Waals surface area contributed by atoms with E-state index in [0.29, 0.717) is 11.5 Å². The molecule has 2 aliphatic rings.